The van der Waals surface area contributed by atoms with E-state index in [4.69, 9.17) is 28.5 Å². The molecule has 0 radical (unpaired) electrons. The van der Waals surface area contributed by atoms with Gasteiger partial charge in [-0.15, -0.1) is 11.8 Å². The van der Waals surface area contributed by atoms with E-state index in [2.05, 4.69) is 6.07 Å². The zero-order valence-corrected chi connectivity index (χ0v) is 9.59. The zero-order valence-electron chi connectivity index (χ0n) is 7.26. The Morgan fingerprint density at radius 2 is 1.79 bits per heavy atom. The standard InChI is InChI=1S/C10H7Cl2NS/c11-7-3-8(12)5-9(4-7)14-10(6-13)1-2-10/h3-5H,1-2H2. The summed E-state index contributed by atoms with van der Waals surface area (Å²) in [6.45, 7) is 0. The lowest BCUT2D eigenvalue weighted by Crippen LogP contribution is -1.96. The van der Waals surface area contributed by atoms with Crippen LogP contribution in [0.1, 0.15) is 12.8 Å². The lowest BCUT2D eigenvalue weighted by molar-refractivity contribution is 1.19. The summed E-state index contributed by atoms with van der Waals surface area (Å²) < 4.78 is -0.214. The van der Waals surface area contributed by atoms with Gasteiger partial charge in [-0.2, -0.15) is 5.26 Å². The predicted octanol–water partition coefficient (Wildman–Crippen LogP) is 4.14. The van der Waals surface area contributed by atoms with E-state index in [1.807, 2.05) is 12.1 Å². The highest BCUT2D eigenvalue weighted by atomic mass is 35.5. The average molecular weight is 244 g/mol. The number of rotatable bonds is 2. The molecule has 0 N–H and O–H groups in total. The fourth-order valence-electron chi connectivity index (χ4n) is 1.16. The van der Waals surface area contributed by atoms with Gasteiger partial charge in [0.1, 0.15) is 4.75 Å². The van der Waals surface area contributed by atoms with E-state index in [9.17, 15) is 0 Å². The van der Waals surface area contributed by atoms with Gasteiger partial charge in [-0.25, -0.2) is 0 Å². The summed E-state index contributed by atoms with van der Waals surface area (Å²) in [5.41, 5.74) is 0. The van der Waals surface area contributed by atoms with Crippen LogP contribution in [0, 0.1) is 11.3 Å². The molecule has 1 nitrogen and oxygen atoms in total. The number of hydrogen-bond donors (Lipinski definition) is 0. The van der Waals surface area contributed by atoms with Gasteiger partial charge in [0.05, 0.1) is 6.07 Å². The van der Waals surface area contributed by atoms with Crippen molar-refractivity contribution in [3.63, 3.8) is 0 Å². The summed E-state index contributed by atoms with van der Waals surface area (Å²) in [4.78, 5) is 0.974. The second kappa shape index (κ2) is 3.66. The zero-order chi connectivity index (χ0) is 10.2. The molecule has 0 bridgehead atoms. The van der Waals surface area contributed by atoms with Crippen LogP contribution in [0.15, 0.2) is 23.1 Å². The van der Waals surface area contributed by atoms with Crippen LogP contribution in [0.4, 0.5) is 0 Å². The maximum Gasteiger partial charge on any atom is 0.107 e. The number of hydrogen-bond acceptors (Lipinski definition) is 2. The number of nitriles is 1. The minimum atomic E-state index is -0.214. The summed E-state index contributed by atoms with van der Waals surface area (Å²) in [7, 11) is 0. The smallest absolute Gasteiger partial charge is 0.107 e. The summed E-state index contributed by atoms with van der Waals surface area (Å²) in [6, 6.07) is 7.70. The summed E-state index contributed by atoms with van der Waals surface area (Å²) >= 11 is 13.3. The minimum Gasteiger partial charge on any atom is -0.197 e. The molecular weight excluding hydrogens is 237 g/mol. The molecule has 4 heteroatoms. The van der Waals surface area contributed by atoms with Crippen LogP contribution < -0.4 is 0 Å². The molecule has 0 heterocycles. The highest BCUT2D eigenvalue weighted by Crippen LogP contribution is 2.51. The van der Waals surface area contributed by atoms with Crippen molar-refractivity contribution in [2.75, 3.05) is 0 Å². The lowest BCUT2D eigenvalue weighted by Gasteiger charge is -2.06. The van der Waals surface area contributed by atoms with Crippen molar-refractivity contribution in [2.45, 2.75) is 22.5 Å². The predicted molar refractivity (Wildman–Crippen MR) is 59.9 cm³/mol. The maximum absolute atomic E-state index is 8.92. The first kappa shape index (κ1) is 10.2. The fraction of sp³-hybridized carbons (Fsp3) is 0.300. The Bertz CT molecular complexity index is 387. The topological polar surface area (TPSA) is 23.8 Å². The highest BCUT2D eigenvalue weighted by molar-refractivity contribution is 8.01. The van der Waals surface area contributed by atoms with Crippen molar-refractivity contribution in [3.05, 3.63) is 28.2 Å². The quantitative estimate of drug-likeness (QED) is 0.780. The summed E-state index contributed by atoms with van der Waals surface area (Å²) in [6.07, 6.45) is 1.91. The van der Waals surface area contributed by atoms with Gasteiger partial charge in [-0.1, -0.05) is 23.2 Å². The molecule has 72 valence electrons. The van der Waals surface area contributed by atoms with E-state index < -0.39 is 0 Å². The first-order valence-corrected chi connectivity index (χ1v) is 5.77. The van der Waals surface area contributed by atoms with E-state index in [1.54, 1.807) is 17.8 Å². The van der Waals surface area contributed by atoms with Gasteiger partial charge in [0.15, 0.2) is 0 Å². The third kappa shape index (κ3) is 2.17. The van der Waals surface area contributed by atoms with Gasteiger partial charge >= 0.3 is 0 Å². The number of thioether (sulfide) groups is 1. The normalized spacial score (nSPS) is 17.5. The van der Waals surface area contributed by atoms with Gasteiger partial charge in [-0.3, -0.25) is 0 Å². The Labute approximate surface area is 97.0 Å². The first-order chi connectivity index (χ1) is 6.63. The SMILES string of the molecule is N#CC1(Sc2cc(Cl)cc(Cl)c2)CC1. The molecule has 14 heavy (non-hydrogen) atoms. The van der Waals surface area contributed by atoms with Crippen LogP contribution in [-0.2, 0) is 0 Å². The Kier molecular flexibility index (Phi) is 2.66. The number of nitrogens with zero attached hydrogens (tertiary/aromatic N) is 1. The van der Waals surface area contributed by atoms with Crippen LogP contribution in [-0.4, -0.2) is 4.75 Å². The lowest BCUT2D eigenvalue weighted by atomic mass is 10.4. The van der Waals surface area contributed by atoms with Crippen molar-refractivity contribution in [1.82, 2.24) is 0 Å². The number of halogens is 2. The Morgan fingerprint density at radius 1 is 1.21 bits per heavy atom. The monoisotopic (exact) mass is 243 g/mol. The summed E-state index contributed by atoms with van der Waals surface area (Å²) in [5.74, 6) is 0. The molecule has 0 aromatic heterocycles. The molecule has 0 unspecified atom stereocenters. The van der Waals surface area contributed by atoms with E-state index >= 15 is 0 Å². The third-order valence-corrected chi connectivity index (χ3v) is 3.86. The molecule has 1 aromatic carbocycles. The molecule has 1 aliphatic carbocycles. The van der Waals surface area contributed by atoms with E-state index in [1.165, 1.54) is 0 Å². The molecule has 0 spiro atoms. The van der Waals surface area contributed by atoms with Gasteiger partial charge in [-0.05, 0) is 31.0 Å². The molecule has 1 aromatic rings. The Hall–Kier alpha value is -0.360. The molecule has 1 aliphatic rings. The van der Waals surface area contributed by atoms with Crippen LogP contribution in [0.3, 0.4) is 0 Å². The van der Waals surface area contributed by atoms with Crippen molar-refractivity contribution in [1.29, 1.82) is 5.26 Å². The molecule has 0 atom stereocenters. The van der Waals surface area contributed by atoms with Gasteiger partial charge in [0, 0.05) is 14.9 Å². The molecule has 2 rings (SSSR count). The third-order valence-electron chi connectivity index (χ3n) is 2.06. The van der Waals surface area contributed by atoms with Crippen molar-refractivity contribution in [2.24, 2.45) is 0 Å². The second-order valence-electron chi connectivity index (χ2n) is 3.31. The Morgan fingerprint density at radius 3 is 2.21 bits per heavy atom. The van der Waals surface area contributed by atoms with E-state index in [0.717, 1.165) is 17.7 Å². The van der Waals surface area contributed by atoms with Gasteiger partial charge in [0.25, 0.3) is 0 Å². The molecule has 0 saturated heterocycles. The molecule has 1 saturated carbocycles. The maximum atomic E-state index is 8.92. The minimum absolute atomic E-state index is 0.214. The molecular formula is C10H7Cl2NS. The Balaban J connectivity index is 2.22. The number of benzene rings is 1. The van der Waals surface area contributed by atoms with Gasteiger partial charge < -0.3 is 0 Å². The van der Waals surface area contributed by atoms with Crippen LogP contribution in [0.2, 0.25) is 10.0 Å². The average Bonchev–Trinajstić information content (AvgIpc) is 2.83. The van der Waals surface area contributed by atoms with E-state index in [0.29, 0.717) is 10.0 Å². The second-order valence-corrected chi connectivity index (χ2v) is 5.64. The largest absolute Gasteiger partial charge is 0.197 e. The van der Waals surface area contributed by atoms with Gasteiger partial charge in [0.2, 0.25) is 0 Å². The van der Waals surface area contributed by atoms with Crippen LogP contribution >= 0.6 is 35.0 Å². The highest BCUT2D eigenvalue weighted by Gasteiger charge is 2.44. The summed E-state index contributed by atoms with van der Waals surface area (Å²) in [5, 5.41) is 10.2. The van der Waals surface area contributed by atoms with Crippen molar-refractivity contribution >= 4 is 35.0 Å². The first-order valence-electron chi connectivity index (χ1n) is 4.20. The molecule has 0 amide bonds. The molecule has 1 fully saturated rings. The van der Waals surface area contributed by atoms with E-state index in [-0.39, 0.29) is 4.75 Å². The van der Waals surface area contributed by atoms with Crippen molar-refractivity contribution < 1.29 is 0 Å². The fourth-order valence-corrected chi connectivity index (χ4v) is 2.99. The van der Waals surface area contributed by atoms with Crippen LogP contribution in [0.25, 0.3) is 0 Å². The molecule has 0 aliphatic heterocycles. The van der Waals surface area contributed by atoms with Crippen LogP contribution in [0.5, 0.6) is 0 Å². The van der Waals surface area contributed by atoms with Crippen molar-refractivity contribution in [3.8, 4) is 6.07 Å².